The first-order valence-corrected chi connectivity index (χ1v) is 14.0. The lowest BCUT2D eigenvalue weighted by atomic mass is 9.98. The molecule has 204 valence electrons. The van der Waals surface area contributed by atoms with Crippen LogP contribution in [0.1, 0.15) is 25.3 Å². The van der Waals surface area contributed by atoms with Gasteiger partial charge in [-0.15, -0.1) is 0 Å². The Morgan fingerprint density at radius 2 is 0.780 bits per heavy atom. The van der Waals surface area contributed by atoms with E-state index in [-0.39, 0.29) is 0 Å². The third kappa shape index (κ3) is 8.52. The molecule has 2 nitrogen and oxygen atoms in total. The maximum absolute atomic E-state index is 5.36. The highest BCUT2D eigenvalue weighted by molar-refractivity contribution is 5.73. The average molecular weight is 536 g/mol. The molecule has 0 aliphatic heterocycles. The minimum atomic E-state index is 0.703. The fraction of sp³-hybridized carbons (Fsp3) is 0.103. The molecule has 41 heavy (non-hydrogen) atoms. The number of oxazole rings is 1. The molecule has 0 N–H and O–H groups in total. The van der Waals surface area contributed by atoms with Crippen LogP contribution in [0.2, 0.25) is 0 Å². The van der Waals surface area contributed by atoms with Gasteiger partial charge in [-0.2, -0.15) is 0 Å². The van der Waals surface area contributed by atoms with Crippen molar-refractivity contribution >= 4 is 0 Å². The van der Waals surface area contributed by atoms with E-state index >= 15 is 0 Å². The van der Waals surface area contributed by atoms with Crippen LogP contribution in [-0.2, 0) is 0 Å². The number of rotatable bonds is 4. The van der Waals surface area contributed by atoms with Gasteiger partial charge in [0.05, 0.1) is 6.20 Å². The Bertz CT molecular complexity index is 1610. The summed E-state index contributed by atoms with van der Waals surface area (Å²) < 4.78 is 5.36. The number of allylic oxidation sites excluding steroid dienone is 2. The van der Waals surface area contributed by atoms with Crippen LogP contribution < -0.4 is 0 Å². The van der Waals surface area contributed by atoms with Gasteiger partial charge in [0.2, 0.25) is 0 Å². The molecule has 2 heteroatoms. The van der Waals surface area contributed by atoms with Crippen LogP contribution in [0.3, 0.4) is 0 Å². The van der Waals surface area contributed by atoms with E-state index in [2.05, 4.69) is 109 Å². The van der Waals surface area contributed by atoms with Gasteiger partial charge in [0, 0.05) is 12.5 Å². The van der Waals surface area contributed by atoms with Crippen molar-refractivity contribution in [2.75, 3.05) is 0 Å². The lowest BCUT2D eigenvalue weighted by Gasteiger charge is -2.07. The molecule has 0 amide bonds. The smallest absolute Gasteiger partial charge is 0.191 e. The lowest BCUT2D eigenvalue weighted by Crippen LogP contribution is -1.82. The molecule has 6 rings (SSSR count). The summed E-state index contributed by atoms with van der Waals surface area (Å²) >= 11 is 0. The number of hydrogen-bond donors (Lipinski definition) is 0. The van der Waals surface area contributed by atoms with Gasteiger partial charge < -0.3 is 4.42 Å². The summed E-state index contributed by atoms with van der Waals surface area (Å²) in [6.45, 7) is 7.96. The molecular weight excluding hydrogens is 498 g/mol. The highest BCUT2D eigenvalue weighted by Gasteiger charge is 2.03. The first-order chi connectivity index (χ1) is 20.1. The zero-order valence-electron chi connectivity index (χ0n) is 24.3. The van der Waals surface area contributed by atoms with Gasteiger partial charge in [-0.25, -0.2) is 4.98 Å². The van der Waals surface area contributed by atoms with E-state index < -0.39 is 0 Å². The predicted octanol–water partition coefficient (Wildman–Crippen LogP) is 11.2. The van der Waals surface area contributed by atoms with Crippen LogP contribution in [0.25, 0.3) is 44.7 Å². The Hall–Kier alpha value is -4.95. The standard InChI is InChI=1S/C25H20.C10H9NO.C4H8/c1-19-7-9-21(10-8-19)23-15-17-25(18-16-23)24-13-11-22(12-14-24)20-5-3-2-4-6-20;1-8-11-7-10(12-8)9-5-3-2-4-6-9;1-3-4-2/h2-18H,1H3;2-7H,1H3;3-4H,1-2H3/b;;4-3-. The number of benzene rings is 5. The summed E-state index contributed by atoms with van der Waals surface area (Å²) in [5.74, 6) is 1.53. The highest BCUT2D eigenvalue weighted by atomic mass is 16.4. The van der Waals surface area contributed by atoms with Crippen LogP contribution in [0.15, 0.2) is 156 Å². The Labute approximate surface area is 244 Å². The summed E-state index contributed by atoms with van der Waals surface area (Å²) in [6, 6.07) is 46.7. The van der Waals surface area contributed by atoms with Crippen molar-refractivity contribution in [3.8, 4) is 44.7 Å². The zero-order chi connectivity index (χ0) is 28.9. The van der Waals surface area contributed by atoms with E-state index in [1.54, 1.807) is 6.20 Å². The molecule has 0 atom stereocenters. The third-order valence-electron chi connectivity index (χ3n) is 6.61. The first kappa shape index (κ1) is 29.0. The van der Waals surface area contributed by atoms with Crippen molar-refractivity contribution < 1.29 is 4.42 Å². The van der Waals surface area contributed by atoms with E-state index in [1.807, 2.05) is 69.3 Å². The Morgan fingerprint density at radius 3 is 1.12 bits per heavy atom. The van der Waals surface area contributed by atoms with Crippen molar-refractivity contribution in [1.82, 2.24) is 4.98 Å². The molecule has 5 aromatic carbocycles. The van der Waals surface area contributed by atoms with Gasteiger partial charge in [-0.05, 0) is 54.2 Å². The van der Waals surface area contributed by atoms with Crippen LogP contribution >= 0.6 is 0 Å². The monoisotopic (exact) mass is 535 g/mol. The van der Waals surface area contributed by atoms with Crippen molar-refractivity contribution in [2.45, 2.75) is 27.7 Å². The van der Waals surface area contributed by atoms with Gasteiger partial charge in [-0.3, -0.25) is 0 Å². The van der Waals surface area contributed by atoms with Crippen LogP contribution in [0.5, 0.6) is 0 Å². The molecule has 1 aromatic heterocycles. The van der Waals surface area contributed by atoms with E-state index in [9.17, 15) is 0 Å². The van der Waals surface area contributed by atoms with Crippen LogP contribution in [-0.4, -0.2) is 4.98 Å². The Kier molecular flexibility index (Phi) is 10.6. The quantitative estimate of drug-likeness (QED) is 0.210. The van der Waals surface area contributed by atoms with Gasteiger partial charge in [0.25, 0.3) is 0 Å². The molecule has 0 aliphatic rings. The zero-order valence-corrected chi connectivity index (χ0v) is 24.3. The van der Waals surface area contributed by atoms with Crippen LogP contribution in [0.4, 0.5) is 0 Å². The molecule has 0 radical (unpaired) electrons. The molecule has 0 unspecified atom stereocenters. The van der Waals surface area contributed by atoms with Crippen molar-refractivity contribution in [3.63, 3.8) is 0 Å². The minimum Gasteiger partial charge on any atom is -0.441 e. The number of aryl methyl sites for hydroxylation is 2. The van der Waals surface area contributed by atoms with E-state index in [0.29, 0.717) is 5.89 Å². The van der Waals surface area contributed by atoms with Crippen molar-refractivity contribution in [1.29, 1.82) is 0 Å². The largest absolute Gasteiger partial charge is 0.441 e. The van der Waals surface area contributed by atoms with Gasteiger partial charge in [0.15, 0.2) is 11.7 Å². The SMILES string of the molecule is C/C=C\C.Cc1ccc(-c2ccc(-c3ccc(-c4ccccc4)cc3)cc2)cc1.Cc1ncc(-c2ccccc2)o1. The Balaban J connectivity index is 0.000000201. The fourth-order valence-electron chi connectivity index (χ4n) is 4.18. The highest BCUT2D eigenvalue weighted by Crippen LogP contribution is 2.27. The molecule has 0 aliphatic carbocycles. The second kappa shape index (κ2) is 15.0. The maximum Gasteiger partial charge on any atom is 0.191 e. The molecule has 0 spiro atoms. The van der Waals surface area contributed by atoms with Crippen molar-refractivity contribution in [2.24, 2.45) is 0 Å². The second-order valence-corrected chi connectivity index (χ2v) is 9.66. The van der Waals surface area contributed by atoms with Gasteiger partial charge >= 0.3 is 0 Å². The van der Waals surface area contributed by atoms with Gasteiger partial charge in [0.1, 0.15) is 0 Å². The topological polar surface area (TPSA) is 26.0 Å². The molecule has 0 fully saturated rings. The van der Waals surface area contributed by atoms with E-state index in [1.165, 1.54) is 38.9 Å². The molecule has 1 heterocycles. The minimum absolute atomic E-state index is 0.703. The normalized spacial score (nSPS) is 10.3. The third-order valence-corrected chi connectivity index (χ3v) is 6.61. The number of nitrogens with zero attached hydrogens (tertiary/aromatic N) is 1. The first-order valence-electron chi connectivity index (χ1n) is 14.0. The van der Waals surface area contributed by atoms with Crippen molar-refractivity contribution in [3.05, 3.63) is 163 Å². The summed E-state index contributed by atoms with van der Waals surface area (Å²) in [7, 11) is 0. The molecule has 0 saturated carbocycles. The van der Waals surface area contributed by atoms with Crippen LogP contribution in [0, 0.1) is 13.8 Å². The predicted molar refractivity (Wildman–Crippen MR) is 175 cm³/mol. The second-order valence-electron chi connectivity index (χ2n) is 9.66. The molecule has 6 aromatic rings. The number of aromatic nitrogens is 1. The maximum atomic E-state index is 5.36. The van der Waals surface area contributed by atoms with Gasteiger partial charge in [-0.1, -0.05) is 151 Å². The summed E-state index contributed by atoms with van der Waals surface area (Å²) in [5.41, 5.74) is 9.87. The summed E-state index contributed by atoms with van der Waals surface area (Å²) in [5, 5.41) is 0. The van der Waals surface area contributed by atoms with E-state index in [0.717, 1.165) is 11.3 Å². The molecule has 0 saturated heterocycles. The summed E-state index contributed by atoms with van der Waals surface area (Å²) in [4.78, 5) is 4.03. The average Bonchev–Trinajstić information content (AvgIpc) is 3.49. The summed E-state index contributed by atoms with van der Waals surface area (Å²) in [6.07, 6.45) is 5.74. The number of hydrogen-bond acceptors (Lipinski definition) is 2. The molecule has 0 bridgehead atoms. The van der Waals surface area contributed by atoms with E-state index in [4.69, 9.17) is 4.42 Å². The Morgan fingerprint density at radius 1 is 0.439 bits per heavy atom. The fourth-order valence-corrected chi connectivity index (χ4v) is 4.18. The molecular formula is C39H37NO. The lowest BCUT2D eigenvalue weighted by molar-refractivity contribution is 0.534.